The number of aromatic nitrogens is 2. The maximum Gasteiger partial charge on any atom is 0.226 e. The maximum atomic E-state index is 6.09. The highest BCUT2D eigenvalue weighted by Crippen LogP contribution is 2.36. The zero-order valence-corrected chi connectivity index (χ0v) is 13.6. The van der Waals surface area contributed by atoms with Crippen molar-refractivity contribution >= 4 is 50.9 Å². The van der Waals surface area contributed by atoms with Crippen LogP contribution in [0.15, 0.2) is 22.7 Å². The van der Waals surface area contributed by atoms with Crippen LogP contribution in [0, 0.1) is 0 Å². The van der Waals surface area contributed by atoms with Crippen molar-refractivity contribution in [1.29, 1.82) is 0 Å². The highest BCUT2D eigenvalue weighted by molar-refractivity contribution is 9.10. The van der Waals surface area contributed by atoms with Gasteiger partial charge in [-0.15, -0.1) is 0 Å². The van der Waals surface area contributed by atoms with Gasteiger partial charge in [-0.05, 0) is 28.9 Å². The third-order valence-corrected chi connectivity index (χ3v) is 3.76. The van der Waals surface area contributed by atoms with E-state index < -0.39 is 0 Å². The number of ether oxygens (including phenoxy) is 1. The van der Waals surface area contributed by atoms with E-state index in [1.165, 1.54) is 0 Å². The molecular weight excluding hydrogens is 367 g/mol. The second-order valence-electron chi connectivity index (χ2n) is 3.78. The monoisotopic (exact) mass is 376 g/mol. The average Bonchev–Trinajstić information content (AvgIpc) is 2.35. The summed E-state index contributed by atoms with van der Waals surface area (Å²) in [5.74, 6) is 1.36. The van der Waals surface area contributed by atoms with Gasteiger partial charge in [0, 0.05) is 23.2 Å². The van der Waals surface area contributed by atoms with Crippen molar-refractivity contribution in [2.75, 3.05) is 17.6 Å². The number of nitrogens with zero attached hydrogens (tertiary/aromatic N) is 2. The fraction of sp³-hybridized carbons (Fsp3) is 0.167. The molecule has 0 saturated carbocycles. The molecule has 0 aliphatic rings. The van der Waals surface area contributed by atoms with Crippen LogP contribution >= 0.6 is 39.1 Å². The predicted molar refractivity (Wildman–Crippen MR) is 84.8 cm³/mol. The summed E-state index contributed by atoms with van der Waals surface area (Å²) in [5, 5.41) is 3.92. The Hall–Kier alpha value is -1.24. The summed E-state index contributed by atoms with van der Waals surface area (Å²) in [6.45, 7) is 2.66. The van der Waals surface area contributed by atoms with Crippen LogP contribution in [0.1, 0.15) is 6.92 Å². The molecule has 5 nitrogen and oxygen atoms in total. The third kappa shape index (κ3) is 3.65. The SMILES string of the molecule is CCNc1cc(Oc2cc(Cl)c(Br)cc2Cl)nc(N)n1. The van der Waals surface area contributed by atoms with Gasteiger partial charge >= 0.3 is 0 Å². The van der Waals surface area contributed by atoms with Crippen molar-refractivity contribution in [3.63, 3.8) is 0 Å². The molecular formula is C12H11BrCl2N4O. The first-order chi connectivity index (χ1) is 9.49. The van der Waals surface area contributed by atoms with E-state index in [1.807, 2.05) is 6.92 Å². The van der Waals surface area contributed by atoms with Crippen LogP contribution in [0.4, 0.5) is 11.8 Å². The Bertz CT molecular complexity index is 639. The number of hydrogen-bond acceptors (Lipinski definition) is 5. The van der Waals surface area contributed by atoms with Crippen molar-refractivity contribution in [3.8, 4) is 11.6 Å². The van der Waals surface area contributed by atoms with Crippen LogP contribution in [-0.2, 0) is 0 Å². The fourth-order valence-electron chi connectivity index (χ4n) is 1.46. The molecule has 2 aromatic rings. The maximum absolute atomic E-state index is 6.09. The summed E-state index contributed by atoms with van der Waals surface area (Å²) < 4.78 is 6.29. The minimum atomic E-state index is 0.109. The molecule has 0 amide bonds. The van der Waals surface area contributed by atoms with Gasteiger partial charge in [0.15, 0.2) is 0 Å². The van der Waals surface area contributed by atoms with E-state index in [0.29, 0.717) is 32.6 Å². The van der Waals surface area contributed by atoms with Crippen LogP contribution in [-0.4, -0.2) is 16.5 Å². The first kappa shape index (κ1) is 15.2. The average molecular weight is 378 g/mol. The standard InChI is InChI=1S/C12H11BrCl2N4O/c1-2-17-10-5-11(19-12(16)18-10)20-9-4-7(14)6(13)3-8(9)15/h3-5H,2H2,1H3,(H3,16,17,18,19). The highest BCUT2D eigenvalue weighted by atomic mass is 79.9. The topological polar surface area (TPSA) is 73.1 Å². The number of nitrogens with one attached hydrogen (secondary N) is 1. The minimum absolute atomic E-state index is 0.109. The lowest BCUT2D eigenvalue weighted by molar-refractivity contribution is 0.463. The van der Waals surface area contributed by atoms with E-state index in [1.54, 1.807) is 18.2 Å². The van der Waals surface area contributed by atoms with Gasteiger partial charge < -0.3 is 15.8 Å². The summed E-state index contributed by atoms with van der Waals surface area (Å²) in [6.07, 6.45) is 0. The number of halogens is 3. The summed E-state index contributed by atoms with van der Waals surface area (Å²) >= 11 is 15.4. The lowest BCUT2D eigenvalue weighted by Gasteiger charge is -2.10. The van der Waals surface area contributed by atoms with Gasteiger partial charge in [0.25, 0.3) is 0 Å². The van der Waals surface area contributed by atoms with Crippen molar-refractivity contribution in [2.45, 2.75) is 6.92 Å². The number of nitrogens with two attached hydrogens (primary N) is 1. The number of nitrogen functional groups attached to an aromatic ring is 1. The molecule has 0 unspecified atom stereocenters. The number of benzene rings is 1. The Morgan fingerprint density at radius 3 is 2.70 bits per heavy atom. The third-order valence-electron chi connectivity index (χ3n) is 2.27. The van der Waals surface area contributed by atoms with E-state index >= 15 is 0 Å². The highest BCUT2D eigenvalue weighted by Gasteiger charge is 2.10. The van der Waals surface area contributed by atoms with E-state index in [4.69, 9.17) is 33.7 Å². The van der Waals surface area contributed by atoms with Crippen LogP contribution in [0.3, 0.4) is 0 Å². The second kappa shape index (κ2) is 6.47. The Balaban J connectivity index is 2.32. The lowest BCUT2D eigenvalue weighted by atomic mass is 10.3. The van der Waals surface area contributed by atoms with Gasteiger partial charge in [-0.3, -0.25) is 0 Å². The van der Waals surface area contributed by atoms with Gasteiger partial charge in [0.1, 0.15) is 11.6 Å². The molecule has 3 N–H and O–H groups in total. The molecule has 0 bridgehead atoms. The smallest absolute Gasteiger partial charge is 0.226 e. The number of hydrogen-bond donors (Lipinski definition) is 2. The molecule has 0 saturated heterocycles. The molecule has 1 aromatic carbocycles. The van der Waals surface area contributed by atoms with Gasteiger partial charge in [0.05, 0.1) is 10.0 Å². The number of anilines is 2. The number of rotatable bonds is 4. The molecule has 0 aliphatic heterocycles. The van der Waals surface area contributed by atoms with Gasteiger partial charge in [-0.25, -0.2) is 0 Å². The summed E-state index contributed by atoms with van der Waals surface area (Å²) in [5.41, 5.74) is 5.63. The molecule has 0 fully saturated rings. The van der Waals surface area contributed by atoms with E-state index in [9.17, 15) is 0 Å². The fourth-order valence-corrected chi connectivity index (χ4v) is 2.29. The Kier molecular flexibility index (Phi) is 4.91. The van der Waals surface area contributed by atoms with Crippen molar-refractivity contribution in [3.05, 3.63) is 32.7 Å². The molecule has 20 heavy (non-hydrogen) atoms. The van der Waals surface area contributed by atoms with Gasteiger partial charge in [-0.2, -0.15) is 9.97 Å². The Morgan fingerprint density at radius 2 is 2.00 bits per heavy atom. The van der Waals surface area contributed by atoms with Crippen molar-refractivity contribution < 1.29 is 4.74 Å². The molecule has 0 atom stereocenters. The molecule has 8 heteroatoms. The normalized spacial score (nSPS) is 10.4. The summed E-state index contributed by atoms with van der Waals surface area (Å²) in [4.78, 5) is 8.02. The molecule has 0 spiro atoms. The predicted octanol–water partition coefficient (Wildman–Crippen LogP) is 4.35. The molecule has 2 rings (SSSR count). The Morgan fingerprint density at radius 1 is 1.25 bits per heavy atom. The minimum Gasteiger partial charge on any atom is -0.437 e. The molecule has 0 aliphatic carbocycles. The van der Waals surface area contributed by atoms with Crippen LogP contribution in [0.25, 0.3) is 0 Å². The summed E-state index contributed by atoms with van der Waals surface area (Å²) in [6, 6.07) is 4.88. The summed E-state index contributed by atoms with van der Waals surface area (Å²) in [7, 11) is 0. The van der Waals surface area contributed by atoms with Crippen LogP contribution in [0.5, 0.6) is 11.6 Å². The van der Waals surface area contributed by atoms with E-state index in [0.717, 1.165) is 0 Å². The first-order valence-electron chi connectivity index (χ1n) is 5.70. The van der Waals surface area contributed by atoms with Crippen molar-refractivity contribution in [2.24, 2.45) is 0 Å². The van der Waals surface area contributed by atoms with E-state index in [-0.39, 0.29) is 11.8 Å². The largest absolute Gasteiger partial charge is 0.437 e. The Labute approximate surface area is 134 Å². The first-order valence-corrected chi connectivity index (χ1v) is 7.25. The van der Waals surface area contributed by atoms with Gasteiger partial charge in [0.2, 0.25) is 11.8 Å². The van der Waals surface area contributed by atoms with Crippen LogP contribution in [0.2, 0.25) is 10.0 Å². The van der Waals surface area contributed by atoms with Gasteiger partial charge in [-0.1, -0.05) is 23.2 Å². The molecule has 0 radical (unpaired) electrons. The zero-order chi connectivity index (χ0) is 14.7. The second-order valence-corrected chi connectivity index (χ2v) is 5.45. The molecule has 1 aromatic heterocycles. The lowest BCUT2D eigenvalue weighted by Crippen LogP contribution is -2.04. The van der Waals surface area contributed by atoms with Crippen LogP contribution < -0.4 is 15.8 Å². The molecule has 1 heterocycles. The quantitative estimate of drug-likeness (QED) is 0.774. The van der Waals surface area contributed by atoms with Crippen molar-refractivity contribution in [1.82, 2.24) is 9.97 Å². The van der Waals surface area contributed by atoms with E-state index in [2.05, 4.69) is 31.2 Å². The molecule has 106 valence electrons. The zero-order valence-electron chi connectivity index (χ0n) is 10.5.